The minimum absolute atomic E-state index is 0.0560. The number of amides is 5. The Labute approximate surface area is 464 Å². The zero-order valence-electron chi connectivity index (χ0n) is 46.0. The van der Waals surface area contributed by atoms with Crippen LogP contribution in [0.2, 0.25) is 0 Å². The number of pyridine rings is 1. The number of rotatable bonds is 11. The van der Waals surface area contributed by atoms with Gasteiger partial charge in [0.2, 0.25) is 29.5 Å². The molecule has 3 N–H and O–H groups in total. The molecule has 2 aliphatic carbocycles. The van der Waals surface area contributed by atoms with E-state index in [9.17, 15) is 24.0 Å². The Bertz CT molecular complexity index is 3520. The minimum atomic E-state index is -0.777. The van der Waals surface area contributed by atoms with E-state index in [2.05, 4.69) is 57.8 Å². The highest BCUT2D eigenvalue weighted by Gasteiger charge is 2.56. The zero-order chi connectivity index (χ0) is 55.1. The fourth-order valence-corrected chi connectivity index (χ4v) is 14.6. The van der Waals surface area contributed by atoms with E-state index in [-0.39, 0.29) is 77.9 Å². The van der Waals surface area contributed by atoms with Gasteiger partial charge in [-0.3, -0.25) is 38.4 Å². The summed E-state index contributed by atoms with van der Waals surface area (Å²) in [5.41, 5.74) is 6.23. The third kappa shape index (κ3) is 8.94. The van der Waals surface area contributed by atoms with Gasteiger partial charge in [-0.25, -0.2) is 19.2 Å². The Morgan fingerprint density at radius 3 is 2.27 bits per heavy atom. The maximum atomic E-state index is 15.4. The fourth-order valence-electron chi connectivity index (χ4n) is 14.6. The Kier molecular flexibility index (Phi) is 13.4. The topological polar surface area (TPSA) is 192 Å². The second-order valence-corrected chi connectivity index (χ2v) is 24.1. The molecule has 19 heteroatoms. The van der Waals surface area contributed by atoms with Crippen LogP contribution < -0.4 is 26.5 Å². The number of imidazole rings is 2. The van der Waals surface area contributed by atoms with Crippen LogP contribution >= 0.6 is 0 Å². The molecule has 3 aromatic carbocycles. The van der Waals surface area contributed by atoms with Crippen LogP contribution in [0.5, 0.6) is 0 Å². The number of benzene rings is 3. The summed E-state index contributed by atoms with van der Waals surface area (Å²) in [5.74, 6) is -0.862. The standard InChI is InChI=1S/C61H71FN12O6/c1-36(2)72-35-63-48-33-47(66-55(54(48)72)65-45-11-6-5-10-44(45)62)38-16-19-43-51(30-38)73(42-31-41(32-42)69-25-7-4-8-26-69)59(79)61(43)23-28-70(29-24-61)58(78)39-22-27-71(34-39)57(77)37-14-17-40(18-15-37)64-46-12-9-13-49-53(46)68(3)60(80)74(49)50-20-21-52(75)67-56(50)76/h5-6,9-13,16,19,30,33,35-37,39-42,50,64H,4,7-8,14-15,17-18,20-29,31-32,34H2,1-3H3,(H,65,66)(H,67,75,76)/t37?,39-,40?,41?,42?,50-/m1/s1. The lowest BCUT2D eigenvalue weighted by Gasteiger charge is -2.48. The molecule has 5 aliphatic heterocycles. The Balaban J connectivity index is 0.682. The first-order chi connectivity index (χ1) is 38.7. The molecule has 0 radical (unpaired) electrons. The molecule has 8 heterocycles. The summed E-state index contributed by atoms with van der Waals surface area (Å²) in [7, 11) is 1.69. The van der Waals surface area contributed by atoms with Gasteiger partial charge in [0.05, 0.1) is 51.3 Å². The summed E-state index contributed by atoms with van der Waals surface area (Å²) in [6.45, 7) is 8.20. The van der Waals surface area contributed by atoms with Crippen molar-refractivity contribution in [3.63, 3.8) is 0 Å². The molecule has 2 saturated carbocycles. The quantitative estimate of drug-likeness (QED) is 0.107. The molecular formula is C61H71FN12O6. The number of hydrogen-bond donors (Lipinski definition) is 3. The number of nitrogens with one attached hydrogen (secondary N) is 3. The molecule has 0 bridgehead atoms. The summed E-state index contributed by atoms with van der Waals surface area (Å²) in [6, 6.07) is 20.4. The van der Waals surface area contributed by atoms with Crippen molar-refractivity contribution in [1.29, 1.82) is 0 Å². The predicted molar refractivity (Wildman–Crippen MR) is 303 cm³/mol. The average Bonchev–Trinajstić information content (AvgIpc) is 4.32. The van der Waals surface area contributed by atoms with Gasteiger partial charge in [-0.15, -0.1) is 0 Å². The number of hydrogen-bond acceptors (Lipinski definition) is 11. The number of likely N-dealkylation sites (tertiary alicyclic amines) is 3. The first-order valence-electron chi connectivity index (χ1n) is 29.2. The van der Waals surface area contributed by atoms with Crippen LogP contribution in [0.25, 0.3) is 33.3 Å². The summed E-state index contributed by atoms with van der Waals surface area (Å²) < 4.78 is 20.2. The molecule has 6 fully saturated rings. The van der Waals surface area contributed by atoms with Gasteiger partial charge < -0.3 is 34.8 Å². The van der Waals surface area contributed by atoms with Gasteiger partial charge in [-0.1, -0.05) is 36.8 Å². The number of para-hydroxylation sites is 2. The van der Waals surface area contributed by atoms with Crippen LogP contribution in [0.4, 0.5) is 27.3 Å². The van der Waals surface area contributed by atoms with Crippen molar-refractivity contribution in [3.8, 4) is 11.3 Å². The third-order valence-corrected chi connectivity index (χ3v) is 19.1. The average molecular weight is 1090 g/mol. The molecule has 0 unspecified atom stereocenters. The van der Waals surface area contributed by atoms with E-state index in [1.54, 1.807) is 36.1 Å². The van der Waals surface area contributed by atoms with Crippen molar-refractivity contribution in [2.45, 2.75) is 139 Å². The van der Waals surface area contributed by atoms with Crippen molar-refractivity contribution in [2.75, 3.05) is 54.8 Å². The zero-order valence-corrected chi connectivity index (χ0v) is 46.0. The van der Waals surface area contributed by atoms with Crippen LogP contribution in [0, 0.1) is 17.7 Å². The van der Waals surface area contributed by atoms with E-state index in [1.165, 1.54) is 29.9 Å². The van der Waals surface area contributed by atoms with Crippen molar-refractivity contribution in [2.24, 2.45) is 18.9 Å². The van der Waals surface area contributed by atoms with E-state index in [1.807, 2.05) is 38.6 Å². The van der Waals surface area contributed by atoms with E-state index in [0.717, 1.165) is 72.3 Å². The maximum absolute atomic E-state index is 15.4. The monoisotopic (exact) mass is 1090 g/mol. The van der Waals surface area contributed by atoms with Crippen LogP contribution in [-0.4, -0.2) is 125 Å². The number of piperidine rings is 3. The van der Waals surface area contributed by atoms with Gasteiger partial charge >= 0.3 is 5.69 Å². The number of anilines is 4. The van der Waals surface area contributed by atoms with Gasteiger partial charge in [-0.05, 0) is 146 Å². The third-order valence-electron chi connectivity index (χ3n) is 19.1. The number of halogens is 1. The number of fused-ring (bicyclic) bond motifs is 4. The molecule has 18 nitrogen and oxygen atoms in total. The molecule has 5 amide bonds. The summed E-state index contributed by atoms with van der Waals surface area (Å²) in [5, 5.41) is 9.31. The number of nitrogens with zero attached hydrogens (tertiary/aromatic N) is 9. The maximum Gasteiger partial charge on any atom is 0.329 e. The van der Waals surface area contributed by atoms with Crippen LogP contribution in [0.1, 0.15) is 121 Å². The Morgan fingerprint density at radius 2 is 1.52 bits per heavy atom. The van der Waals surface area contributed by atoms with Crippen molar-refractivity contribution < 1.29 is 28.4 Å². The van der Waals surface area contributed by atoms with Gasteiger partial charge in [-0.2, -0.15) is 0 Å². The molecule has 80 heavy (non-hydrogen) atoms. The van der Waals surface area contributed by atoms with Crippen LogP contribution in [0.3, 0.4) is 0 Å². The van der Waals surface area contributed by atoms with E-state index < -0.39 is 17.4 Å². The van der Waals surface area contributed by atoms with E-state index >= 15 is 9.18 Å². The molecular weight excluding hydrogens is 1020 g/mol. The molecule has 2 atom stereocenters. The molecule has 13 rings (SSSR count). The Morgan fingerprint density at radius 1 is 0.775 bits per heavy atom. The number of aryl methyl sites for hydroxylation is 1. The number of aromatic nitrogens is 5. The summed E-state index contributed by atoms with van der Waals surface area (Å²) >= 11 is 0. The minimum Gasteiger partial charge on any atom is -0.381 e. The van der Waals surface area contributed by atoms with Gasteiger partial charge in [0.25, 0.3) is 0 Å². The predicted octanol–water partition coefficient (Wildman–Crippen LogP) is 7.94. The second-order valence-electron chi connectivity index (χ2n) is 24.1. The second kappa shape index (κ2) is 20.6. The van der Waals surface area contributed by atoms with Crippen molar-refractivity contribution in [1.82, 2.24) is 43.7 Å². The van der Waals surface area contributed by atoms with E-state index in [4.69, 9.17) is 9.97 Å². The highest BCUT2D eigenvalue weighted by atomic mass is 19.1. The molecule has 6 aromatic rings. The molecule has 7 aliphatic rings. The normalized spacial score (nSPS) is 25.2. The van der Waals surface area contributed by atoms with Gasteiger partial charge in [0.1, 0.15) is 17.4 Å². The summed E-state index contributed by atoms with van der Waals surface area (Å²) in [4.78, 5) is 101. The molecule has 1 spiro atoms. The Hall–Kier alpha value is -7.41. The van der Waals surface area contributed by atoms with Crippen molar-refractivity contribution in [3.05, 3.63) is 94.9 Å². The summed E-state index contributed by atoms with van der Waals surface area (Å²) in [6.07, 6.45) is 12.3. The highest BCUT2D eigenvalue weighted by molar-refractivity contribution is 6.10. The lowest BCUT2D eigenvalue weighted by Crippen LogP contribution is -2.58. The SMILES string of the molecule is CC(C)n1cnc2cc(-c3ccc4c(c3)N(C3CC(N5CCCCC5)C3)C(=O)C43CCN(C(=O)[C@@H]4CCN(C(=O)C5CCC(Nc6cccc7c6n(C)c(=O)n7[C@@H]6CCC(=O)NC6=O)CC5)C4)CC3)nc(Nc3ccccc3F)c21. The molecule has 4 saturated heterocycles. The first-order valence-corrected chi connectivity index (χ1v) is 29.2. The van der Waals surface area contributed by atoms with Gasteiger partial charge in [0.15, 0.2) is 5.82 Å². The molecule has 3 aromatic heterocycles. The largest absolute Gasteiger partial charge is 0.381 e. The van der Waals surface area contributed by atoms with Crippen LogP contribution in [0.15, 0.2) is 77.9 Å². The fraction of sp³-hybridized carbons (Fsp3) is 0.508. The first kappa shape index (κ1) is 52.0. The number of carbonyl (C=O) groups excluding carboxylic acids is 5. The smallest absolute Gasteiger partial charge is 0.329 e. The van der Waals surface area contributed by atoms with E-state index in [0.29, 0.717) is 92.6 Å². The lowest BCUT2D eigenvalue weighted by molar-refractivity contribution is -0.140. The number of carbonyl (C=O) groups is 5. The lowest BCUT2D eigenvalue weighted by atomic mass is 9.73. The van der Waals surface area contributed by atoms with Crippen LogP contribution in [-0.2, 0) is 36.4 Å². The number of imide groups is 1. The highest BCUT2D eigenvalue weighted by Crippen LogP contribution is 2.52. The van der Waals surface area contributed by atoms with Crippen molar-refractivity contribution >= 4 is 74.5 Å². The molecule has 418 valence electrons. The van der Waals surface area contributed by atoms with Gasteiger partial charge in [0, 0.05) is 81.0 Å².